The summed E-state index contributed by atoms with van der Waals surface area (Å²) >= 11 is 5.88. The Morgan fingerprint density at radius 2 is 1.94 bits per heavy atom. The average Bonchev–Trinajstić information content (AvgIpc) is 2.78. The summed E-state index contributed by atoms with van der Waals surface area (Å²) in [7, 11) is 1.47. The number of pyridine rings is 1. The van der Waals surface area contributed by atoms with Crippen LogP contribution in [-0.2, 0) is 17.9 Å². The Hall–Kier alpha value is -3.47. The van der Waals surface area contributed by atoms with Crippen molar-refractivity contribution in [2.75, 3.05) is 13.7 Å². The molecular formula is C23H18ClFN2O4. The predicted molar refractivity (Wildman–Crippen MR) is 113 cm³/mol. The molecule has 0 bridgehead atoms. The van der Waals surface area contributed by atoms with E-state index < -0.39 is 17.2 Å². The predicted octanol–water partition coefficient (Wildman–Crippen LogP) is 3.97. The Balaban J connectivity index is 1.95. The van der Waals surface area contributed by atoms with E-state index in [0.29, 0.717) is 5.02 Å². The Bertz CT molecular complexity index is 1200. The maximum atomic E-state index is 13.9. The zero-order valence-corrected chi connectivity index (χ0v) is 17.4. The van der Waals surface area contributed by atoms with E-state index in [1.54, 1.807) is 30.3 Å². The number of nitrogens with zero attached hydrogens (tertiary/aromatic N) is 2. The molecule has 0 saturated carbocycles. The van der Waals surface area contributed by atoms with Crippen molar-refractivity contribution in [3.63, 3.8) is 0 Å². The monoisotopic (exact) mass is 440 g/mol. The molecule has 1 aromatic heterocycles. The highest BCUT2D eigenvalue weighted by Crippen LogP contribution is 2.24. The molecule has 0 amide bonds. The van der Waals surface area contributed by atoms with Crippen molar-refractivity contribution in [1.29, 1.82) is 5.26 Å². The van der Waals surface area contributed by atoms with Crippen LogP contribution in [0, 0.1) is 17.1 Å². The van der Waals surface area contributed by atoms with E-state index in [1.165, 1.54) is 36.1 Å². The first-order valence-electron chi connectivity index (χ1n) is 9.28. The van der Waals surface area contributed by atoms with Crippen LogP contribution in [-0.4, -0.2) is 24.1 Å². The molecule has 0 fully saturated rings. The summed E-state index contributed by atoms with van der Waals surface area (Å²) in [5.74, 6) is -1.02. The summed E-state index contributed by atoms with van der Waals surface area (Å²) in [6.07, 6.45) is 1.33. The fourth-order valence-corrected chi connectivity index (χ4v) is 3.02. The van der Waals surface area contributed by atoms with Gasteiger partial charge in [-0.25, -0.2) is 4.39 Å². The number of ketones is 1. The fraction of sp³-hybridized carbons (Fsp3) is 0.174. The molecule has 3 aromatic rings. The highest BCUT2D eigenvalue weighted by molar-refractivity contribution is 6.30. The van der Waals surface area contributed by atoms with Gasteiger partial charge in [0.15, 0.2) is 5.78 Å². The normalized spacial score (nSPS) is 10.5. The Labute approximate surface area is 183 Å². The van der Waals surface area contributed by atoms with Crippen molar-refractivity contribution in [2.45, 2.75) is 13.2 Å². The van der Waals surface area contributed by atoms with Gasteiger partial charge in [0.1, 0.15) is 29.8 Å². The van der Waals surface area contributed by atoms with Crippen molar-refractivity contribution in [3.8, 4) is 11.8 Å². The molecule has 0 spiro atoms. The standard InChI is InChI=1S/C23H18ClFN2O4/c1-30-9-8-27-13-17(10-16(12-26)23(27)29)22(28)20-11-19(25)6-7-21(20)31-14-15-2-4-18(24)5-3-15/h2-7,10-11,13H,8-9,14H2,1H3. The number of hydrogen-bond acceptors (Lipinski definition) is 5. The minimum Gasteiger partial charge on any atom is -0.488 e. The van der Waals surface area contributed by atoms with Crippen molar-refractivity contribution in [1.82, 2.24) is 4.57 Å². The molecule has 0 N–H and O–H groups in total. The number of benzene rings is 2. The van der Waals surface area contributed by atoms with Gasteiger partial charge in [-0.3, -0.25) is 9.59 Å². The lowest BCUT2D eigenvalue weighted by Crippen LogP contribution is -2.25. The van der Waals surface area contributed by atoms with Gasteiger partial charge in [-0.2, -0.15) is 5.26 Å². The molecular weight excluding hydrogens is 423 g/mol. The first kappa shape index (κ1) is 22.2. The summed E-state index contributed by atoms with van der Waals surface area (Å²) in [5.41, 5.74) is 0.132. The minimum atomic E-state index is -0.615. The van der Waals surface area contributed by atoms with Gasteiger partial charge >= 0.3 is 0 Å². The second-order valence-electron chi connectivity index (χ2n) is 6.63. The summed E-state index contributed by atoms with van der Waals surface area (Å²) in [6.45, 7) is 0.520. The number of carbonyl (C=O) groups is 1. The number of halogens is 2. The van der Waals surface area contributed by atoms with Crippen LogP contribution < -0.4 is 10.3 Å². The van der Waals surface area contributed by atoms with Crippen molar-refractivity contribution in [3.05, 3.63) is 98.2 Å². The molecule has 0 aliphatic heterocycles. The molecule has 0 saturated heterocycles. The third-order valence-electron chi connectivity index (χ3n) is 4.50. The van der Waals surface area contributed by atoms with E-state index in [2.05, 4.69) is 0 Å². The maximum absolute atomic E-state index is 13.9. The number of aromatic nitrogens is 1. The Morgan fingerprint density at radius 1 is 1.19 bits per heavy atom. The van der Waals surface area contributed by atoms with Crippen LogP contribution in [0.2, 0.25) is 5.02 Å². The largest absolute Gasteiger partial charge is 0.488 e. The topological polar surface area (TPSA) is 81.3 Å². The molecule has 0 atom stereocenters. The zero-order valence-electron chi connectivity index (χ0n) is 16.6. The number of carbonyl (C=O) groups excluding carboxylic acids is 1. The van der Waals surface area contributed by atoms with E-state index in [0.717, 1.165) is 11.6 Å². The van der Waals surface area contributed by atoms with Gasteiger partial charge in [-0.05, 0) is 42.0 Å². The van der Waals surface area contributed by atoms with Crippen LogP contribution in [0.4, 0.5) is 4.39 Å². The highest BCUT2D eigenvalue weighted by Gasteiger charge is 2.19. The van der Waals surface area contributed by atoms with Crippen LogP contribution >= 0.6 is 11.6 Å². The number of ether oxygens (including phenoxy) is 2. The van der Waals surface area contributed by atoms with Gasteiger partial charge in [0.2, 0.25) is 0 Å². The van der Waals surface area contributed by atoms with Gasteiger partial charge in [0.05, 0.1) is 12.2 Å². The lowest BCUT2D eigenvalue weighted by molar-refractivity contribution is 0.103. The molecule has 3 rings (SSSR count). The summed E-state index contributed by atoms with van der Waals surface area (Å²) < 4.78 is 25.9. The molecule has 1 heterocycles. The highest BCUT2D eigenvalue weighted by atomic mass is 35.5. The van der Waals surface area contributed by atoms with Gasteiger partial charge in [-0.1, -0.05) is 23.7 Å². The van der Waals surface area contributed by atoms with Crippen molar-refractivity contribution < 1.29 is 18.7 Å². The molecule has 8 heteroatoms. The van der Waals surface area contributed by atoms with Crippen LogP contribution in [0.3, 0.4) is 0 Å². The molecule has 6 nitrogen and oxygen atoms in total. The smallest absolute Gasteiger partial charge is 0.268 e. The van der Waals surface area contributed by atoms with Gasteiger partial charge < -0.3 is 14.0 Å². The second kappa shape index (κ2) is 10.0. The van der Waals surface area contributed by atoms with Gasteiger partial charge in [0, 0.05) is 30.4 Å². The molecule has 2 aromatic carbocycles. The van der Waals surface area contributed by atoms with E-state index in [-0.39, 0.29) is 42.2 Å². The number of rotatable bonds is 8. The molecule has 31 heavy (non-hydrogen) atoms. The quantitative estimate of drug-likeness (QED) is 0.495. The number of methoxy groups -OCH3 is 1. The third kappa shape index (κ3) is 5.37. The summed E-state index contributed by atoms with van der Waals surface area (Å²) in [4.78, 5) is 25.5. The van der Waals surface area contributed by atoms with Crippen LogP contribution in [0.5, 0.6) is 5.75 Å². The average molecular weight is 441 g/mol. The van der Waals surface area contributed by atoms with E-state index >= 15 is 0 Å². The van der Waals surface area contributed by atoms with Crippen LogP contribution in [0.25, 0.3) is 0 Å². The lowest BCUT2D eigenvalue weighted by Gasteiger charge is -2.13. The Morgan fingerprint density at radius 3 is 2.61 bits per heavy atom. The molecule has 0 unspecified atom stereocenters. The van der Waals surface area contributed by atoms with Crippen LogP contribution in [0.15, 0.2) is 59.5 Å². The van der Waals surface area contributed by atoms with E-state index in [4.69, 9.17) is 21.1 Å². The molecule has 0 aliphatic carbocycles. The Kier molecular flexibility index (Phi) is 7.19. The first-order chi connectivity index (χ1) is 14.9. The summed E-state index contributed by atoms with van der Waals surface area (Å²) in [5, 5.41) is 9.86. The number of nitriles is 1. The fourth-order valence-electron chi connectivity index (χ4n) is 2.90. The van der Waals surface area contributed by atoms with Gasteiger partial charge in [0.25, 0.3) is 5.56 Å². The van der Waals surface area contributed by atoms with Gasteiger partial charge in [-0.15, -0.1) is 0 Å². The van der Waals surface area contributed by atoms with E-state index in [9.17, 15) is 19.2 Å². The molecule has 0 aliphatic rings. The minimum absolute atomic E-state index is 0.0187. The lowest BCUT2D eigenvalue weighted by atomic mass is 10.0. The third-order valence-corrected chi connectivity index (χ3v) is 4.75. The van der Waals surface area contributed by atoms with Crippen molar-refractivity contribution >= 4 is 17.4 Å². The summed E-state index contributed by atoms with van der Waals surface area (Å²) in [6, 6.07) is 13.6. The van der Waals surface area contributed by atoms with E-state index in [1.807, 2.05) is 0 Å². The zero-order chi connectivity index (χ0) is 22.4. The first-order valence-corrected chi connectivity index (χ1v) is 9.65. The van der Waals surface area contributed by atoms with Crippen molar-refractivity contribution in [2.24, 2.45) is 0 Å². The maximum Gasteiger partial charge on any atom is 0.268 e. The molecule has 158 valence electrons. The SMILES string of the molecule is COCCn1cc(C(=O)c2cc(F)ccc2OCc2ccc(Cl)cc2)cc(C#N)c1=O. The molecule has 0 radical (unpaired) electrons. The van der Waals surface area contributed by atoms with Crippen LogP contribution in [0.1, 0.15) is 27.0 Å². The second-order valence-corrected chi connectivity index (χ2v) is 7.07. The number of hydrogen-bond donors (Lipinski definition) is 0.